The predicted molar refractivity (Wildman–Crippen MR) is 67.4 cm³/mol. The summed E-state index contributed by atoms with van der Waals surface area (Å²) in [5, 5.41) is 22.8. The third kappa shape index (κ3) is 3.25. The number of aromatic nitrogens is 2. The third-order valence-electron chi connectivity index (χ3n) is 3.38. The van der Waals surface area contributed by atoms with E-state index in [-0.39, 0.29) is 12.2 Å². The Morgan fingerprint density at radius 2 is 2.42 bits per heavy atom. The maximum Gasteiger partial charge on any atom is 0.271 e. The molecule has 1 aliphatic rings. The summed E-state index contributed by atoms with van der Waals surface area (Å²) in [6.07, 6.45) is 3.78. The van der Waals surface area contributed by atoms with Crippen LogP contribution in [0.3, 0.4) is 0 Å². The van der Waals surface area contributed by atoms with Crippen molar-refractivity contribution < 1.29 is 15.0 Å². The fourth-order valence-electron chi connectivity index (χ4n) is 2.05. The number of aliphatic hydroxyl groups excluding tert-OH is 1. The number of nitrogens with one attached hydrogen (secondary N) is 1. The fraction of sp³-hybridized carbons (Fsp3) is 0.583. The molecular weight excluding hydrogens is 248 g/mol. The SMILES string of the molecule is CN1CC[C@@](O)(CNC(=O)c2cnccn2)[C@H](O)C1. The molecule has 1 aromatic heterocycles. The van der Waals surface area contributed by atoms with Crippen LogP contribution in [-0.2, 0) is 0 Å². The van der Waals surface area contributed by atoms with Gasteiger partial charge >= 0.3 is 0 Å². The molecule has 0 aliphatic carbocycles. The minimum Gasteiger partial charge on any atom is -0.389 e. The maximum absolute atomic E-state index is 11.8. The molecule has 0 radical (unpaired) electrons. The van der Waals surface area contributed by atoms with Crippen molar-refractivity contribution in [2.75, 3.05) is 26.7 Å². The van der Waals surface area contributed by atoms with Crippen LogP contribution in [0.4, 0.5) is 0 Å². The van der Waals surface area contributed by atoms with E-state index in [9.17, 15) is 15.0 Å². The molecule has 7 nitrogen and oxygen atoms in total. The predicted octanol–water partition coefficient (Wildman–Crippen LogP) is -1.37. The molecule has 2 rings (SSSR count). The number of piperidine rings is 1. The highest BCUT2D eigenvalue weighted by molar-refractivity contribution is 5.91. The number of hydrogen-bond donors (Lipinski definition) is 3. The number of carbonyl (C=O) groups excluding carboxylic acids is 1. The molecule has 2 heterocycles. The number of likely N-dealkylation sites (tertiary alicyclic amines) is 1. The summed E-state index contributed by atoms with van der Waals surface area (Å²) in [4.78, 5) is 21.4. The number of aliphatic hydroxyl groups is 2. The molecule has 0 bridgehead atoms. The van der Waals surface area contributed by atoms with Crippen LogP contribution in [-0.4, -0.2) is 69.4 Å². The summed E-state index contributed by atoms with van der Waals surface area (Å²) < 4.78 is 0. The van der Waals surface area contributed by atoms with E-state index in [1.807, 2.05) is 11.9 Å². The smallest absolute Gasteiger partial charge is 0.271 e. The van der Waals surface area contributed by atoms with Crippen LogP contribution in [0.5, 0.6) is 0 Å². The lowest BCUT2D eigenvalue weighted by Gasteiger charge is -2.40. The van der Waals surface area contributed by atoms with E-state index in [4.69, 9.17) is 0 Å². The van der Waals surface area contributed by atoms with Crippen LogP contribution in [0.2, 0.25) is 0 Å². The van der Waals surface area contributed by atoms with Crippen molar-refractivity contribution in [3.63, 3.8) is 0 Å². The normalized spacial score (nSPS) is 28.1. The number of hydrogen-bond acceptors (Lipinski definition) is 6. The van der Waals surface area contributed by atoms with E-state index in [1.165, 1.54) is 18.6 Å². The van der Waals surface area contributed by atoms with Gasteiger partial charge in [0, 0.05) is 32.0 Å². The highest BCUT2D eigenvalue weighted by Crippen LogP contribution is 2.21. The number of nitrogens with zero attached hydrogens (tertiary/aromatic N) is 3. The first-order valence-electron chi connectivity index (χ1n) is 6.14. The molecule has 0 aromatic carbocycles. The minimum absolute atomic E-state index is 0.00257. The summed E-state index contributed by atoms with van der Waals surface area (Å²) in [5.41, 5.74) is -1.10. The third-order valence-corrected chi connectivity index (χ3v) is 3.38. The second kappa shape index (κ2) is 5.60. The molecule has 19 heavy (non-hydrogen) atoms. The Morgan fingerprint density at radius 1 is 1.63 bits per heavy atom. The molecule has 3 N–H and O–H groups in total. The number of carbonyl (C=O) groups is 1. The van der Waals surface area contributed by atoms with Crippen molar-refractivity contribution >= 4 is 5.91 Å². The van der Waals surface area contributed by atoms with Crippen molar-refractivity contribution in [3.05, 3.63) is 24.3 Å². The van der Waals surface area contributed by atoms with Gasteiger partial charge in [-0.2, -0.15) is 0 Å². The molecular formula is C12H18N4O3. The van der Waals surface area contributed by atoms with Gasteiger partial charge in [-0.25, -0.2) is 4.98 Å². The largest absolute Gasteiger partial charge is 0.389 e. The summed E-state index contributed by atoms with van der Waals surface area (Å²) in [6.45, 7) is 1.06. The summed E-state index contributed by atoms with van der Waals surface area (Å²) in [5.74, 6) is -0.410. The second-order valence-corrected chi connectivity index (χ2v) is 4.90. The second-order valence-electron chi connectivity index (χ2n) is 4.90. The Hall–Kier alpha value is -1.57. The Morgan fingerprint density at radius 3 is 3.05 bits per heavy atom. The molecule has 0 saturated carbocycles. The average Bonchev–Trinajstić information content (AvgIpc) is 2.42. The molecule has 2 atom stereocenters. The van der Waals surface area contributed by atoms with Crippen LogP contribution in [0.1, 0.15) is 16.9 Å². The van der Waals surface area contributed by atoms with Crippen LogP contribution in [0, 0.1) is 0 Å². The van der Waals surface area contributed by atoms with Crippen molar-refractivity contribution in [2.45, 2.75) is 18.1 Å². The van der Waals surface area contributed by atoms with E-state index >= 15 is 0 Å². The van der Waals surface area contributed by atoms with E-state index in [0.29, 0.717) is 19.5 Å². The molecule has 1 fully saturated rings. The average molecular weight is 266 g/mol. The fourth-order valence-corrected chi connectivity index (χ4v) is 2.05. The van der Waals surface area contributed by atoms with Gasteiger partial charge in [-0.15, -0.1) is 0 Å². The van der Waals surface area contributed by atoms with E-state index < -0.39 is 17.6 Å². The summed E-state index contributed by atoms with van der Waals surface area (Å²) in [7, 11) is 1.88. The number of β-amino-alcohol motifs (C(OH)–C–C–N with tert-alkyl or cyclic N) is 1. The number of likely N-dealkylation sites (N-methyl/N-ethyl adjacent to an activating group) is 1. The van der Waals surface area contributed by atoms with Gasteiger partial charge in [-0.05, 0) is 13.5 Å². The first-order chi connectivity index (χ1) is 9.01. The van der Waals surface area contributed by atoms with E-state index in [1.54, 1.807) is 0 Å². The Kier molecular flexibility index (Phi) is 4.08. The van der Waals surface area contributed by atoms with Gasteiger partial charge in [0.1, 0.15) is 11.3 Å². The van der Waals surface area contributed by atoms with E-state index in [0.717, 1.165) is 0 Å². The van der Waals surface area contributed by atoms with Crippen LogP contribution < -0.4 is 5.32 Å². The Bertz CT molecular complexity index is 442. The quantitative estimate of drug-likeness (QED) is 0.624. The van der Waals surface area contributed by atoms with Crippen LogP contribution in [0.25, 0.3) is 0 Å². The first-order valence-corrected chi connectivity index (χ1v) is 6.14. The lowest BCUT2D eigenvalue weighted by atomic mass is 9.88. The zero-order chi connectivity index (χ0) is 13.9. The van der Waals surface area contributed by atoms with Gasteiger partial charge in [-0.3, -0.25) is 9.78 Å². The Balaban J connectivity index is 1.93. The van der Waals surface area contributed by atoms with Gasteiger partial charge in [0.25, 0.3) is 5.91 Å². The van der Waals surface area contributed by atoms with Gasteiger partial charge in [-0.1, -0.05) is 0 Å². The Labute approximate surface area is 111 Å². The zero-order valence-electron chi connectivity index (χ0n) is 10.8. The molecule has 104 valence electrons. The highest BCUT2D eigenvalue weighted by Gasteiger charge is 2.39. The maximum atomic E-state index is 11.8. The highest BCUT2D eigenvalue weighted by atomic mass is 16.3. The number of amides is 1. The van der Waals surface area contributed by atoms with Gasteiger partial charge in [0.15, 0.2) is 0 Å². The van der Waals surface area contributed by atoms with Crippen molar-refractivity contribution in [3.8, 4) is 0 Å². The molecule has 0 unspecified atom stereocenters. The monoisotopic (exact) mass is 266 g/mol. The minimum atomic E-state index is -1.29. The first kappa shape index (κ1) is 13.9. The van der Waals surface area contributed by atoms with Gasteiger partial charge in [0.2, 0.25) is 0 Å². The molecule has 1 saturated heterocycles. The molecule has 1 aliphatic heterocycles. The topological polar surface area (TPSA) is 98.6 Å². The molecule has 1 aromatic rings. The van der Waals surface area contributed by atoms with Gasteiger partial charge in [0.05, 0.1) is 12.3 Å². The molecule has 1 amide bonds. The van der Waals surface area contributed by atoms with E-state index in [2.05, 4.69) is 15.3 Å². The lowest BCUT2D eigenvalue weighted by molar-refractivity contribution is -0.111. The van der Waals surface area contributed by atoms with Crippen LogP contribution in [0.15, 0.2) is 18.6 Å². The standard InChI is InChI=1S/C12H18N4O3/c1-16-5-2-12(19,10(17)7-16)8-15-11(18)9-6-13-3-4-14-9/h3-4,6,10,17,19H,2,5,7-8H2,1H3,(H,15,18)/t10-,12-/m1/s1. The van der Waals surface area contributed by atoms with Crippen molar-refractivity contribution in [1.29, 1.82) is 0 Å². The number of rotatable bonds is 3. The van der Waals surface area contributed by atoms with Crippen LogP contribution >= 0.6 is 0 Å². The molecule has 0 spiro atoms. The lowest BCUT2D eigenvalue weighted by Crippen LogP contribution is -2.59. The summed E-state index contributed by atoms with van der Waals surface area (Å²) >= 11 is 0. The zero-order valence-corrected chi connectivity index (χ0v) is 10.8. The van der Waals surface area contributed by atoms with Crippen molar-refractivity contribution in [1.82, 2.24) is 20.2 Å². The summed E-state index contributed by atoms with van der Waals surface area (Å²) in [6, 6.07) is 0. The molecule has 7 heteroatoms. The van der Waals surface area contributed by atoms with Crippen molar-refractivity contribution in [2.24, 2.45) is 0 Å². The van der Waals surface area contributed by atoms with Gasteiger partial charge < -0.3 is 20.4 Å².